The molecule has 2 amide bonds. The van der Waals surface area contributed by atoms with E-state index >= 15 is 0 Å². The SMILES string of the molecule is CC(C)[C@@H](NCC(=O)Nc1sc2c(c1C(N)=O)CCCC2)c1ccccc1. The predicted molar refractivity (Wildman–Crippen MR) is 110 cm³/mol. The normalized spacial score (nSPS) is 14.6. The standard InChI is InChI=1S/C21H27N3O2S/c1-13(2)19(14-8-4-3-5-9-14)23-12-17(25)24-21-18(20(22)26)15-10-6-7-11-16(15)27-21/h3-5,8-9,13,19,23H,6-7,10-12H2,1-2H3,(H2,22,26)(H,24,25)/t19-/m1/s1. The number of aryl methyl sites for hydroxylation is 1. The molecule has 0 aliphatic heterocycles. The minimum atomic E-state index is -0.456. The average molecular weight is 386 g/mol. The first-order valence-corrected chi connectivity index (χ1v) is 10.3. The molecule has 2 aromatic rings. The van der Waals surface area contributed by atoms with Gasteiger partial charge in [0.1, 0.15) is 5.00 Å². The van der Waals surface area contributed by atoms with Crippen LogP contribution in [0.3, 0.4) is 0 Å². The van der Waals surface area contributed by atoms with Crippen LogP contribution < -0.4 is 16.4 Å². The number of hydrogen-bond donors (Lipinski definition) is 3. The van der Waals surface area contributed by atoms with Crippen LogP contribution >= 0.6 is 11.3 Å². The molecule has 6 heteroatoms. The molecule has 0 bridgehead atoms. The topological polar surface area (TPSA) is 84.2 Å². The number of fused-ring (bicyclic) bond motifs is 1. The molecule has 0 fully saturated rings. The first-order chi connectivity index (χ1) is 13.0. The maximum absolute atomic E-state index is 12.5. The van der Waals surface area contributed by atoms with E-state index in [1.807, 2.05) is 18.2 Å². The zero-order valence-electron chi connectivity index (χ0n) is 15.9. The van der Waals surface area contributed by atoms with Crippen LogP contribution in [0.5, 0.6) is 0 Å². The van der Waals surface area contributed by atoms with E-state index in [-0.39, 0.29) is 18.5 Å². The average Bonchev–Trinajstić information content (AvgIpc) is 3.00. The van der Waals surface area contributed by atoms with E-state index in [1.165, 1.54) is 16.2 Å². The molecule has 1 aromatic heterocycles. The van der Waals surface area contributed by atoms with Crippen molar-refractivity contribution in [2.45, 2.75) is 45.6 Å². The minimum Gasteiger partial charge on any atom is -0.365 e. The van der Waals surface area contributed by atoms with Crippen molar-refractivity contribution in [2.24, 2.45) is 11.7 Å². The Hall–Kier alpha value is -2.18. The van der Waals surface area contributed by atoms with Gasteiger partial charge in [-0.3, -0.25) is 9.59 Å². The first-order valence-electron chi connectivity index (χ1n) is 9.50. The Kier molecular flexibility index (Phi) is 6.29. The van der Waals surface area contributed by atoms with Gasteiger partial charge in [-0.05, 0) is 42.7 Å². The Morgan fingerprint density at radius 1 is 1.15 bits per heavy atom. The second kappa shape index (κ2) is 8.67. The predicted octanol–water partition coefficient (Wildman–Crippen LogP) is 3.65. The number of primary amides is 1. The van der Waals surface area contributed by atoms with Crippen molar-refractivity contribution in [3.05, 3.63) is 51.9 Å². The molecule has 0 saturated carbocycles. The molecule has 3 rings (SSSR count). The highest BCUT2D eigenvalue weighted by Crippen LogP contribution is 2.37. The van der Waals surface area contributed by atoms with Gasteiger partial charge in [-0.2, -0.15) is 0 Å². The summed E-state index contributed by atoms with van der Waals surface area (Å²) in [6.45, 7) is 4.43. The van der Waals surface area contributed by atoms with Gasteiger partial charge >= 0.3 is 0 Å². The molecule has 0 saturated heterocycles. The minimum absolute atomic E-state index is 0.0871. The van der Waals surface area contributed by atoms with Gasteiger partial charge in [0.2, 0.25) is 5.91 Å². The summed E-state index contributed by atoms with van der Waals surface area (Å²) in [5.74, 6) is -0.268. The monoisotopic (exact) mass is 385 g/mol. The summed E-state index contributed by atoms with van der Waals surface area (Å²) < 4.78 is 0. The van der Waals surface area contributed by atoms with Crippen LogP contribution in [-0.4, -0.2) is 18.4 Å². The Morgan fingerprint density at radius 2 is 1.85 bits per heavy atom. The van der Waals surface area contributed by atoms with E-state index in [0.717, 1.165) is 36.8 Å². The molecule has 4 N–H and O–H groups in total. The third-order valence-electron chi connectivity index (χ3n) is 4.98. The number of benzene rings is 1. The highest BCUT2D eigenvalue weighted by molar-refractivity contribution is 7.17. The summed E-state index contributed by atoms with van der Waals surface area (Å²) in [4.78, 5) is 25.7. The molecule has 1 heterocycles. The molecule has 1 aliphatic carbocycles. The molecular weight excluding hydrogens is 358 g/mol. The van der Waals surface area contributed by atoms with Crippen LogP contribution in [0.25, 0.3) is 0 Å². The third kappa shape index (κ3) is 4.57. The first kappa shape index (κ1) is 19.6. The fourth-order valence-corrected chi connectivity index (χ4v) is 5.00. The van der Waals surface area contributed by atoms with E-state index in [2.05, 4.69) is 36.6 Å². The fraction of sp³-hybridized carbons (Fsp3) is 0.429. The number of carbonyl (C=O) groups excluding carboxylic acids is 2. The van der Waals surface area contributed by atoms with Crippen molar-refractivity contribution < 1.29 is 9.59 Å². The second-order valence-electron chi connectivity index (χ2n) is 7.34. The van der Waals surface area contributed by atoms with Gasteiger partial charge in [0.05, 0.1) is 12.1 Å². The maximum Gasteiger partial charge on any atom is 0.251 e. The number of nitrogens with two attached hydrogens (primary N) is 1. The summed E-state index contributed by atoms with van der Waals surface area (Å²) in [6, 6.07) is 10.2. The number of hydrogen-bond acceptors (Lipinski definition) is 4. The Balaban J connectivity index is 1.69. The van der Waals surface area contributed by atoms with E-state index in [1.54, 1.807) is 0 Å². The van der Waals surface area contributed by atoms with Crippen LogP contribution in [0, 0.1) is 5.92 Å². The van der Waals surface area contributed by atoms with Crippen LogP contribution in [-0.2, 0) is 17.6 Å². The number of nitrogens with one attached hydrogen (secondary N) is 2. The summed E-state index contributed by atoms with van der Waals surface area (Å²) in [5.41, 5.74) is 8.29. The lowest BCUT2D eigenvalue weighted by Gasteiger charge is -2.22. The molecule has 1 atom stereocenters. The zero-order valence-corrected chi connectivity index (χ0v) is 16.7. The van der Waals surface area contributed by atoms with Crippen molar-refractivity contribution in [3.63, 3.8) is 0 Å². The van der Waals surface area contributed by atoms with Gasteiger partial charge in [-0.15, -0.1) is 11.3 Å². The molecular formula is C21H27N3O2S. The molecule has 27 heavy (non-hydrogen) atoms. The van der Waals surface area contributed by atoms with Crippen LogP contribution in [0.2, 0.25) is 0 Å². The molecule has 5 nitrogen and oxygen atoms in total. The zero-order chi connectivity index (χ0) is 19.4. The van der Waals surface area contributed by atoms with Crippen LogP contribution in [0.1, 0.15) is 59.1 Å². The second-order valence-corrected chi connectivity index (χ2v) is 8.45. The maximum atomic E-state index is 12.5. The van der Waals surface area contributed by atoms with E-state index in [0.29, 0.717) is 16.5 Å². The van der Waals surface area contributed by atoms with Gasteiger partial charge in [0, 0.05) is 10.9 Å². The van der Waals surface area contributed by atoms with Gasteiger partial charge in [-0.25, -0.2) is 0 Å². The lowest BCUT2D eigenvalue weighted by molar-refractivity contribution is -0.115. The number of amides is 2. The number of anilines is 1. The van der Waals surface area contributed by atoms with Crippen LogP contribution in [0.4, 0.5) is 5.00 Å². The summed E-state index contributed by atoms with van der Waals surface area (Å²) in [6.07, 6.45) is 4.00. The van der Waals surface area contributed by atoms with E-state index < -0.39 is 5.91 Å². The molecule has 0 unspecified atom stereocenters. The Labute approximate surface area is 164 Å². The lowest BCUT2D eigenvalue weighted by Crippen LogP contribution is -2.33. The van der Waals surface area contributed by atoms with Crippen molar-refractivity contribution in [1.82, 2.24) is 5.32 Å². The summed E-state index contributed by atoms with van der Waals surface area (Å²) >= 11 is 1.49. The van der Waals surface area contributed by atoms with Crippen molar-refractivity contribution >= 4 is 28.2 Å². The van der Waals surface area contributed by atoms with Gasteiger partial charge in [0.15, 0.2) is 0 Å². The van der Waals surface area contributed by atoms with Crippen molar-refractivity contribution in [3.8, 4) is 0 Å². The fourth-order valence-electron chi connectivity index (χ4n) is 3.69. The quantitative estimate of drug-likeness (QED) is 0.680. The van der Waals surface area contributed by atoms with Crippen LogP contribution in [0.15, 0.2) is 30.3 Å². The largest absolute Gasteiger partial charge is 0.365 e. The number of carbonyl (C=O) groups is 2. The smallest absolute Gasteiger partial charge is 0.251 e. The Morgan fingerprint density at radius 3 is 2.52 bits per heavy atom. The Bertz CT molecular complexity index is 814. The molecule has 0 spiro atoms. The van der Waals surface area contributed by atoms with Gasteiger partial charge < -0.3 is 16.4 Å². The molecule has 1 aliphatic rings. The molecule has 144 valence electrons. The summed E-state index contributed by atoms with van der Waals surface area (Å²) in [5, 5.41) is 6.85. The summed E-state index contributed by atoms with van der Waals surface area (Å²) in [7, 11) is 0. The van der Waals surface area contributed by atoms with E-state index in [4.69, 9.17) is 5.73 Å². The van der Waals surface area contributed by atoms with Gasteiger partial charge in [0.25, 0.3) is 5.91 Å². The molecule has 0 radical (unpaired) electrons. The number of rotatable bonds is 7. The van der Waals surface area contributed by atoms with Crippen molar-refractivity contribution in [1.29, 1.82) is 0 Å². The highest BCUT2D eigenvalue weighted by atomic mass is 32.1. The highest BCUT2D eigenvalue weighted by Gasteiger charge is 2.25. The third-order valence-corrected chi connectivity index (χ3v) is 6.19. The number of thiophene rings is 1. The molecule has 1 aromatic carbocycles. The van der Waals surface area contributed by atoms with Crippen molar-refractivity contribution in [2.75, 3.05) is 11.9 Å². The van der Waals surface area contributed by atoms with Gasteiger partial charge in [-0.1, -0.05) is 44.2 Å². The van der Waals surface area contributed by atoms with E-state index in [9.17, 15) is 9.59 Å². The lowest BCUT2D eigenvalue weighted by atomic mass is 9.95.